The van der Waals surface area contributed by atoms with Crippen LogP contribution in [-0.4, -0.2) is 45.1 Å². The van der Waals surface area contributed by atoms with Gasteiger partial charge in [-0.15, -0.1) is 24.0 Å². The number of rotatable bonds is 6. The molecule has 1 aliphatic heterocycles. The maximum absolute atomic E-state index is 12.9. The van der Waals surface area contributed by atoms with Gasteiger partial charge in [0.25, 0.3) is 0 Å². The lowest BCUT2D eigenvalue weighted by molar-refractivity contribution is -0.120. The molecule has 3 N–H and O–H groups in total. The summed E-state index contributed by atoms with van der Waals surface area (Å²) in [5, 5.41) is 9.39. The minimum atomic E-state index is -0.219. The third-order valence-corrected chi connectivity index (χ3v) is 4.64. The lowest BCUT2D eigenvalue weighted by Crippen LogP contribution is -2.47. The fourth-order valence-corrected chi connectivity index (χ4v) is 3.07. The number of halogens is 2. The second-order valence-corrected chi connectivity index (χ2v) is 6.67. The Morgan fingerprint density at radius 3 is 2.45 bits per heavy atom. The molecule has 0 aromatic heterocycles. The summed E-state index contributed by atoms with van der Waals surface area (Å²) in [6.07, 6.45) is 0.791. The Balaban J connectivity index is 0.00000300. The quantitative estimate of drug-likeness (QED) is 0.317. The average molecular weight is 511 g/mol. The minimum absolute atomic E-state index is 0. The summed E-state index contributed by atoms with van der Waals surface area (Å²) >= 11 is 0. The van der Waals surface area contributed by atoms with Gasteiger partial charge in [0.05, 0.1) is 6.54 Å². The average Bonchev–Trinajstić information content (AvgIpc) is 2.72. The Kier molecular flexibility index (Phi) is 9.17. The molecule has 2 aromatic carbocycles. The van der Waals surface area contributed by atoms with Crippen molar-refractivity contribution >= 4 is 41.5 Å². The molecular weight excluding hydrogens is 484 g/mol. The van der Waals surface area contributed by atoms with E-state index in [1.165, 1.54) is 12.1 Å². The van der Waals surface area contributed by atoms with Gasteiger partial charge in [-0.05, 0) is 41.8 Å². The standard InChI is InChI=1S/C21H26FN5O.HI/c1-23-21(25-11-10-16-2-6-18(22)7-3-16)26-14-17-4-8-19(9-5-17)27-13-12-24-20(28)15-27;/h2-9H,10-15H2,1H3,(H,24,28)(H2,23,25,26);1H. The second kappa shape index (κ2) is 11.6. The van der Waals surface area contributed by atoms with Crippen LogP contribution in [0.15, 0.2) is 53.5 Å². The lowest BCUT2D eigenvalue weighted by Gasteiger charge is -2.28. The maximum atomic E-state index is 12.9. The topological polar surface area (TPSA) is 68.8 Å². The molecule has 1 fully saturated rings. The van der Waals surface area contributed by atoms with Crippen molar-refractivity contribution < 1.29 is 9.18 Å². The van der Waals surface area contributed by atoms with Gasteiger partial charge in [0.1, 0.15) is 5.82 Å². The first kappa shape index (κ1) is 22.9. The summed E-state index contributed by atoms with van der Waals surface area (Å²) in [6.45, 7) is 3.27. The fraction of sp³-hybridized carbons (Fsp3) is 0.333. The van der Waals surface area contributed by atoms with E-state index in [0.29, 0.717) is 26.2 Å². The summed E-state index contributed by atoms with van der Waals surface area (Å²) in [5.41, 5.74) is 3.26. The molecule has 1 aliphatic rings. The largest absolute Gasteiger partial charge is 0.360 e. The van der Waals surface area contributed by atoms with Gasteiger partial charge in [-0.1, -0.05) is 24.3 Å². The Hall–Kier alpha value is -2.36. The number of hydrogen-bond donors (Lipinski definition) is 3. The van der Waals surface area contributed by atoms with Gasteiger partial charge < -0.3 is 20.9 Å². The molecule has 1 heterocycles. The van der Waals surface area contributed by atoms with Crippen molar-refractivity contribution in [3.8, 4) is 0 Å². The van der Waals surface area contributed by atoms with E-state index in [9.17, 15) is 9.18 Å². The molecule has 1 saturated heterocycles. The molecule has 0 atom stereocenters. The number of aliphatic imine (C=N–C) groups is 1. The van der Waals surface area contributed by atoms with Crippen LogP contribution in [0.4, 0.5) is 10.1 Å². The highest BCUT2D eigenvalue weighted by atomic mass is 127. The Labute approximate surface area is 188 Å². The van der Waals surface area contributed by atoms with Crippen LogP contribution in [0, 0.1) is 5.82 Å². The van der Waals surface area contributed by atoms with Crippen molar-refractivity contribution in [2.24, 2.45) is 4.99 Å². The van der Waals surface area contributed by atoms with Crippen molar-refractivity contribution in [3.63, 3.8) is 0 Å². The molecule has 0 aliphatic carbocycles. The molecule has 3 rings (SSSR count). The number of carbonyl (C=O) groups is 1. The SMILES string of the molecule is CN=C(NCCc1ccc(F)cc1)NCc1ccc(N2CCNC(=O)C2)cc1.I. The van der Waals surface area contributed by atoms with Crippen molar-refractivity contribution in [2.45, 2.75) is 13.0 Å². The van der Waals surface area contributed by atoms with E-state index in [0.717, 1.165) is 35.7 Å². The predicted octanol–water partition coefficient (Wildman–Crippen LogP) is 2.29. The highest BCUT2D eigenvalue weighted by molar-refractivity contribution is 14.0. The maximum Gasteiger partial charge on any atom is 0.239 e. The van der Waals surface area contributed by atoms with Crippen LogP contribution >= 0.6 is 24.0 Å². The number of hydrogen-bond acceptors (Lipinski definition) is 3. The summed E-state index contributed by atoms with van der Waals surface area (Å²) in [6, 6.07) is 14.7. The summed E-state index contributed by atoms with van der Waals surface area (Å²) < 4.78 is 12.9. The highest BCUT2D eigenvalue weighted by Crippen LogP contribution is 2.16. The van der Waals surface area contributed by atoms with Gasteiger partial charge >= 0.3 is 0 Å². The third-order valence-electron chi connectivity index (χ3n) is 4.64. The van der Waals surface area contributed by atoms with Crippen LogP contribution in [-0.2, 0) is 17.8 Å². The number of nitrogens with zero attached hydrogens (tertiary/aromatic N) is 2. The highest BCUT2D eigenvalue weighted by Gasteiger charge is 2.16. The zero-order valence-corrected chi connectivity index (χ0v) is 18.8. The normalized spacial score (nSPS) is 14.1. The van der Waals surface area contributed by atoms with Gasteiger partial charge in [-0.2, -0.15) is 0 Å². The van der Waals surface area contributed by atoms with Crippen molar-refractivity contribution in [1.29, 1.82) is 0 Å². The van der Waals surface area contributed by atoms with Gasteiger partial charge in [-0.3, -0.25) is 9.79 Å². The van der Waals surface area contributed by atoms with Gasteiger partial charge in [0.2, 0.25) is 5.91 Å². The molecule has 8 heteroatoms. The Morgan fingerprint density at radius 1 is 1.10 bits per heavy atom. The zero-order chi connectivity index (χ0) is 19.8. The van der Waals surface area contributed by atoms with Crippen LogP contribution in [0.2, 0.25) is 0 Å². The molecule has 1 amide bonds. The van der Waals surface area contributed by atoms with E-state index in [1.807, 2.05) is 12.1 Å². The summed E-state index contributed by atoms with van der Waals surface area (Å²) in [7, 11) is 1.73. The molecule has 29 heavy (non-hydrogen) atoms. The van der Waals surface area contributed by atoms with Crippen LogP contribution < -0.4 is 20.9 Å². The van der Waals surface area contributed by atoms with E-state index in [-0.39, 0.29) is 35.7 Å². The minimum Gasteiger partial charge on any atom is -0.360 e. The number of carbonyl (C=O) groups excluding carboxylic acids is 1. The van der Waals surface area contributed by atoms with Crippen LogP contribution in [0.25, 0.3) is 0 Å². The molecule has 0 unspecified atom stereocenters. The molecule has 0 spiro atoms. The number of anilines is 1. The number of amides is 1. The smallest absolute Gasteiger partial charge is 0.239 e. The van der Waals surface area contributed by atoms with Crippen molar-refractivity contribution in [1.82, 2.24) is 16.0 Å². The molecule has 0 radical (unpaired) electrons. The van der Waals surface area contributed by atoms with Crippen LogP contribution in [0.1, 0.15) is 11.1 Å². The Bertz CT molecular complexity index is 811. The van der Waals surface area contributed by atoms with E-state index in [1.54, 1.807) is 19.2 Å². The third kappa shape index (κ3) is 7.19. The van der Waals surface area contributed by atoms with E-state index in [4.69, 9.17) is 0 Å². The van der Waals surface area contributed by atoms with Crippen LogP contribution in [0.3, 0.4) is 0 Å². The summed E-state index contributed by atoms with van der Waals surface area (Å²) in [5.74, 6) is 0.565. The monoisotopic (exact) mass is 511 g/mol. The second-order valence-electron chi connectivity index (χ2n) is 6.67. The number of benzene rings is 2. The van der Waals surface area contributed by atoms with Gasteiger partial charge in [-0.25, -0.2) is 4.39 Å². The molecular formula is C21H27FIN5O. The number of piperazine rings is 1. The molecule has 0 saturated carbocycles. The van der Waals surface area contributed by atoms with Crippen molar-refractivity contribution in [3.05, 3.63) is 65.5 Å². The molecule has 6 nitrogen and oxygen atoms in total. The molecule has 156 valence electrons. The molecule has 2 aromatic rings. The van der Waals surface area contributed by atoms with Gasteiger partial charge in [0.15, 0.2) is 5.96 Å². The van der Waals surface area contributed by atoms with E-state index >= 15 is 0 Å². The zero-order valence-electron chi connectivity index (χ0n) is 16.5. The number of nitrogens with one attached hydrogen (secondary N) is 3. The van der Waals surface area contributed by atoms with Crippen LogP contribution in [0.5, 0.6) is 0 Å². The van der Waals surface area contributed by atoms with Crippen molar-refractivity contribution in [2.75, 3.05) is 38.1 Å². The lowest BCUT2D eigenvalue weighted by atomic mass is 10.1. The summed E-state index contributed by atoms with van der Waals surface area (Å²) in [4.78, 5) is 17.8. The van der Waals surface area contributed by atoms with Gasteiger partial charge in [0, 0.05) is 38.9 Å². The van der Waals surface area contributed by atoms with E-state index in [2.05, 4.69) is 38.0 Å². The first-order valence-electron chi connectivity index (χ1n) is 9.43. The first-order valence-corrected chi connectivity index (χ1v) is 9.43. The predicted molar refractivity (Wildman–Crippen MR) is 125 cm³/mol. The van der Waals surface area contributed by atoms with E-state index < -0.39 is 0 Å². The Morgan fingerprint density at radius 2 is 1.79 bits per heavy atom. The molecule has 0 bridgehead atoms. The first-order chi connectivity index (χ1) is 13.6. The fourth-order valence-electron chi connectivity index (χ4n) is 3.07. The number of guanidine groups is 1.